The predicted molar refractivity (Wildman–Crippen MR) is 76.2 cm³/mol. The minimum atomic E-state index is -0.467. The topological polar surface area (TPSA) is 97.1 Å². The third-order valence-corrected chi connectivity index (χ3v) is 3.61. The highest BCUT2D eigenvalue weighted by Gasteiger charge is 2.17. The summed E-state index contributed by atoms with van der Waals surface area (Å²) >= 11 is 1.21. The Bertz CT molecular complexity index is 597. The summed E-state index contributed by atoms with van der Waals surface area (Å²) in [6.07, 6.45) is 4.12. The maximum atomic E-state index is 12.0. The van der Waals surface area contributed by atoms with Crippen LogP contribution in [0.3, 0.4) is 0 Å². The highest BCUT2D eigenvalue weighted by Crippen LogP contribution is 2.16. The van der Waals surface area contributed by atoms with E-state index in [2.05, 4.69) is 10.3 Å². The van der Waals surface area contributed by atoms with Crippen LogP contribution in [0.4, 0.5) is 0 Å². The van der Waals surface area contributed by atoms with Crippen molar-refractivity contribution in [3.8, 4) is 0 Å². The van der Waals surface area contributed by atoms with Gasteiger partial charge in [0, 0.05) is 18.9 Å². The van der Waals surface area contributed by atoms with Crippen LogP contribution in [0.15, 0.2) is 36.0 Å². The van der Waals surface area contributed by atoms with Gasteiger partial charge in [-0.05, 0) is 35.6 Å². The van der Waals surface area contributed by atoms with E-state index in [1.54, 1.807) is 23.8 Å². The molecule has 2 aromatic rings. The largest absolute Gasteiger partial charge is 0.351 e. The molecule has 0 saturated carbocycles. The molecule has 2 aromatic heterocycles. The van der Waals surface area contributed by atoms with Gasteiger partial charge >= 0.3 is 0 Å². The number of hydrazine groups is 1. The third kappa shape index (κ3) is 3.40. The monoisotopic (exact) mass is 290 g/mol. The first-order valence-electron chi connectivity index (χ1n) is 5.98. The van der Waals surface area contributed by atoms with E-state index < -0.39 is 5.91 Å². The summed E-state index contributed by atoms with van der Waals surface area (Å²) in [5.74, 6) is 4.34. The molecule has 0 bridgehead atoms. The zero-order chi connectivity index (χ0) is 14.4. The first kappa shape index (κ1) is 14.2. The normalized spacial score (nSPS) is 10.1. The molecule has 0 fully saturated rings. The number of aromatic nitrogens is 1. The van der Waals surface area contributed by atoms with Crippen molar-refractivity contribution in [2.75, 3.05) is 6.54 Å². The molecule has 4 N–H and O–H groups in total. The maximum absolute atomic E-state index is 12.0. The Morgan fingerprint density at radius 3 is 2.65 bits per heavy atom. The van der Waals surface area contributed by atoms with Crippen LogP contribution in [-0.2, 0) is 6.42 Å². The molecule has 2 heterocycles. The lowest BCUT2D eigenvalue weighted by Gasteiger charge is -2.05. The van der Waals surface area contributed by atoms with Crippen molar-refractivity contribution in [1.82, 2.24) is 15.7 Å². The zero-order valence-electron chi connectivity index (χ0n) is 10.6. The van der Waals surface area contributed by atoms with Crippen LogP contribution in [0.5, 0.6) is 0 Å². The number of nitrogens with one attached hydrogen (secondary N) is 2. The van der Waals surface area contributed by atoms with Crippen molar-refractivity contribution < 1.29 is 9.59 Å². The first-order chi connectivity index (χ1) is 9.72. The van der Waals surface area contributed by atoms with Gasteiger partial charge in [-0.15, -0.1) is 11.3 Å². The second kappa shape index (κ2) is 6.78. The fourth-order valence-corrected chi connectivity index (χ4v) is 2.50. The molecule has 7 heteroatoms. The molecule has 0 spiro atoms. The number of carbonyl (C=O) groups excluding carboxylic acids is 2. The van der Waals surface area contributed by atoms with Crippen LogP contribution in [0.1, 0.15) is 25.6 Å². The average molecular weight is 290 g/mol. The van der Waals surface area contributed by atoms with Crippen molar-refractivity contribution in [2.24, 2.45) is 5.84 Å². The number of hydrogen-bond donors (Lipinski definition) is 3. The molecule has 0 aromatic carbocycles. The molecule has 0 aliphatic carbocycles. The Hall–Kier alpha value is -2.25. The number of nitrogens with two attached hydrogens (primary N) is 1. The quantitative estimate of drug-likeness (QED) is 0.429. The van der Waals surface area contributed by atoms with Gasteiger partial charge in [-0.2, -0.15) is 0 Å². The number of carbonyl (C=O) groups is 2. The number of amides is 2. The Morgan fingerprint density at radius 2 is 1.95 bits per heavy atom. The summed E-state index contributed by atoms with van der Waals surface area (Å²) < 4.78 is 0. The van der Waals surface area contributed by atoms with Crippen molar-refractivity contribution in [3.63, 3.8) is 0 Å². The Kier molecular flexibility index (Phi) is 4.80. The molecule has 6 nitrogen and oxygen atoms in total. The van der Waals surface area contributed by atoms with Crippen LogP contribution in [0.25, 0.3) is 0 Å². The van der Waals surface area contributed by atoms with E-state index in [0.29, 0.717) is 23.4 Å². The van der Waals surface area contributed by atoms with Crippen LogP contribution in [0, 0.1) is 0 Å². The summed E-state index contributed by atoms with van der Waals surface area (Å²) in [6.45, 7) is 0.491. The molecule has 2 amide bonds. The van der Waals surface area contributed by atoms with E-state index in [1.807, 2.05) is 17.6 Å². The van der Waals surface area contributed by atoms with Crippen molar-refractivity contribution in [2.45, 2.75) is 6.42 Å². The van der Waals surface area contributed by atoms with E-state index in [0.717, 1.165) is 5.56 Å². The van der Waals surface area contributed by atoms with Crippen LogP contribution in [0.2, 0.25) is 0 Å². The summed E-state index contributed by atoms with van der Waals surface area (Å²) in [5.41, 5.74) is 3.41. The van der Waals surface area contributed by atoms with Crippen molar-refractivity contribution in [3.05, 3.63) is 52.0 Å². The lowest BCUT2D eigenvalue weighted by Crippen LogP contribution is -2.32. The molecule has 104 valence electrons. The SMILES string of the molecule is NNC(=O)c1ccsc1C(=O)NCCc1ccncc1. The van der Waals surface area contributed by atoms with Gasteiger partial charge in [-0.1, -0.05) is 0 Å². The first-order valence-corrected chi connectivity index (χ1v) is 6.86. The maximum Gasteiger partial charge on any atom is 0.266 e. The number of thiophene rings is 1. The minimum absolute atomic E-state index is 0.271. The summed E-state index contributed by atoms with van der Waals surface area (Å²) in [5, 5.41) is 4.47. The van der Waals surface area contributed by atoms with Gasteiger partial charge in [0.1, 0.15) is 4.88 Å². The highest BCUT2D eigenvalue weighted by molar-refractivity contribution is 7.12. The second-order valence-electron chi connectivity index (χ2n) is 4.00. The lowest BCUT2D eigenvalue weighted by atomic mass is 10.2. The number of hydrogen-bond acceptors (Lipinski definition) is 5. The van der Waals surface area contributed by atoms with Crippen LogP contribution in [-0.4, -0.2) is 23.3 Å². The van der Waals surface area contributed by atoms with Crippen molar-refractivity contribution in [1.29, 1.82) is 0 Å². The van der Waals surface area contributed by atoms with E-state index in [9.17, 15) is 9.59 Å². The fraction of sp³-hybridized carbons (Fsp3) is 0.154. The van der Waals surface area contributed by atoms with Gasteiger partial charge in [0.25, 0.3) is 11.8 Å². The predicted octanol–water partition coefficient (Wildman–Crippen LogP) is 0.719. The minimum Gasteiger partial charge on any atom is -0.351 e. The number of nitrogen functional groups attached to an aromatic ring is 1. The highest BCUT2D eigenvalue weighted by atomic mass is 32.1. The number of pyridine rings is 1. The standard InChI is InChI=1S/C13H14N4O2S/c14-17-12(18)10-4-8-20-11(10)13(19)16-7-3-9-1-5-15-6-2-9/h1-2,4-6,8H,3,7,14H2,(H,16,19)(H,17,18). The van der Waals surface area contributed by atoms with Crippen molar-refractivity contribution >= 4 is 23.2 Å². The molecular formula is C13H14N4O2S. The Balaban J connectivity index is 1.92. The molecule has 0 atom stereocenters. The molecule has 0 aliphatic heterocycles. The molecule has 0 unspecified atom stereocenters. The summed E-state index contributed by atoms with van der Waals surface area (Å²) in [6, 6.07) is 5.36. The average Bonchev–Trinajstić information content (AvgIpc) is 2.97. The summed E-state index contributed by atoms with van der Waals surface area (Å²) in [7, 11) is 0. The van der Waals surface area contributed by atoms with E-state index >= 15 is 0 Å². The summed E-state index contributed by atoms with van der Waals surface area (Å²) in [4.78, 5) is 27.8. The van der Waals surface area contributed by atoms with Gasteiger partial charge in [0.15, 0.2) is 0 Å². The fourth-order valence-electron chi connectivity index (χ4n) is 1.69. The van der Waals surface area contributed by atoms with Gasteiger partial charge in [0.05, 0.1) is 5.56 Å². The van der Waals surface area contributed by atoms with Gasteiger partial charge in [-0.25, -0.2) is 5.84 Å². The van der Waals surface area contributed by atoms with Crippen LogP contribution < -0.4 is 16.6 Å². The molecule has 0 aliphatic rings. The zero-order valence-corrected chi connectivity index (χ0v) is 11.4. The third-order valence-electron chi connectivity index (χ3n) is 2.70. The molecule has 20 heavy (non-hydrogen) atoms. The van der Waals surface area contributed by atoms with Gasteiger partial charge in [0.2, 0.25) is 0 Å². The van der Waals surface area contributed by atoms with Gasteiger partial charge < -0.3 is 5.32 Å². The molecular weight excluding hydrogens is 276 g/mol. The Morgan fingerprint density at radius 1 is 1.20 bits per heavy atom. The van der Waals surface area contributed by atoms with E-state index in [4.69, 9.17) is 5.84 Å². The Labute approximate surface area is 120 Å². The van der Waals surface area contributed by atoms with Gasteiger partial charge in [-0.3, -0.25) is 20.0 Å². The smallest absolute Gasteiger partial charge is 0.266 e. The molecule has 0 saturated heterocycles. The molecule has 0 radical (unpaired) electrons. The van der Waals surface area contributed by atoms with E-state index in [-0.39, 0.29) is 5.91 Å². The van der Waals surface area contributed by atoms with Crippen LogP contribution >= 0.6 is 11.3 Å². The number of rotatable bonds is 5. The number of nitrogens with zero attached hydrogens (tertiary/aromatic N) is 1. The van der Waals surface area contributed by atoms with E-state index in [1.165, 1.54) is 11.3 Å². The lowest BCUT2D eigenvalue weighted by molar-refractivity contribution is 0.0923. The molecule has 2 rings (SSSR count). The second-order valence-corrected chi connectivity index (χ2v) is 4.91.